The van der Waals surface area contributed by atoms with Gasteiger partial charge in [0.1, 0.15) is 0 Å². The molecule has 0 spiro atoms. The standard InChI is InChI=1S/C36H26N4O4/c1-43-35(41)23-7-3-21(4-8-23)33-29-15-11-25(37-29)19-27-13-17-31(39-27)34(22-5-9-24(10-6-22)36(42)44-2)32-18-14-28(40-32)20-26-12-16-30(33)38-26/h3-20,37,41H,1-2H3. The summed E-state index contributed by atoms with van der Waals surface area (Å²) >= 11 is 0. The number of benzene rings is 2. The van der Waals surface area contributed by atoms with Crippen LogP contribution in [0.4, 0.5) is 0 Å². The number of H-pyrrole nitrogens is 1. The van der Waals surface area contributed by atoms with Crippen molar-refractivity contribution in [2.75, 3.05) is 14.2 Å². The van der Waals surface area contributed by atoms with Gasteiger partial charge in [-0.25, -0.2) is 19.8 Å². The summed E-state index contributed by atoms with van der Waals surface area (Å²) in [5.41, 5.74) is 9.53. The second-order valence-electron chi connectivity index (χ2n) is 10.3. The van der Waals surface area contributed by atoms with Crippen molar-refractivity contribution in [1.29, 1.82) is 0 Å². The Hall–Kier alpha value is -6.02. The van der Waals surface area contributed by atoms with E-state index in [0.717, 1.165) is 67.5 Å². The molecule has 44 heavy (non-hydrogen) atoms. The number of methoxy groups -OCH3 is 2. The minimum atomic E-state index is -0.389. The first kappa shape index (κ1) is 26.9. The zero-order chi connectivity index (χ0) is 30.2. The zero-order valence-corrected chi connectivity index (χ0v) is 23.9. The first-order valence-corrected chi connectivity index (χ1v) is 13.9. The van der Waals surface area contributed by atoms with Crippen molar-refractivity contribution >= 4 is 46.3 Å². The van der Waals surface area contributed by atoms with E-state index in [0.29, 0.717) is 10.8 Å². The molecule has 1 aromatic heterocycles. The van der Waals surface area contributed by atoms with Crippen LogP contribution in [-0.2, 0) is 9.47 Å². The van der Waals surface area contributed by atoms with E-state index in [4.69, 9.17) is 24.5 Å². The number of aromatic nitrogens is 1. The summed E-state index contributed by atoms with van der Waals surface area (Å²) in [6, 6.07) is 18.8. The Kier molecular flexibility index (Phi) is 6.71. The van der Waals surface area contributed by atoms with Crippen molar-refractivity contribution in [3.63, 3.8) is 0 Å². The SMILES string of the molecule is COC(=O)c1ccc(C2=C3C=CC(=N3)C=C3C=CC(=N3)C(=c3ccc(=C(O)OC)cc3)c3ccc([nH]3)C=C3C=CC2=N3)cc1. The lowest BCUT2D eigenvalue weighted by Crippen LogP contribution is -2.17. The first-order valence-electron chi connectivity index (χ1n) is 13.9. The second-order valence-corrected chi connectivity index (χ2v) is 10.3. The number of aliphatic hydroxyl groups excluding tert-OH is 1. The average Bonchev–Trinajstić information content (AvgIpc) is 3.88. The summed E-state index contributed by atoms with van der Waals surface area (Å²) in [7, 11) is 2.80. The van der Waals surface area contributed by atoms with Crippen LogP contribution in [0.5, 0.6) is 0 Å². The molecule has 0 amide bonds. The minimum Gasteiger partial charge on any atom is -0.481 e. The fourth-order valence-electron chi connectivity index (χ4n) is 5.40. The number of nitrogens with one attached hydrogen (secondary N) is 1. The molecule has 0 saturated carbocycles. The van der Waals surface area contributed by atoms with E-state index in [1.165, 1.54) is 14.2 Å². The van der Waals surface area contributed by atoms with Gasteiger partial charge < -0.3 is 19.6 Å². The Labute approximate surface area is 252 Å². The lowest BCUT2D eigenvalue weighted by Gasteiger charge is -2.10. The number of carbonyl (C=O) groups is 1. The minimum absolute atomic E-state index is 0.138. The van der Waals surface area contributed by atoms with Gasteiger partial charge >= 0.3 is 5.97 Å². The Morgan fingerprint density at radius 2 is 1.41 bits per heavy atom. The molecule has 0 aliphatic carbocycles. The van der Waals surface area contributed by atoms with Gasteiger partial charge in [-0.1, -0.05) is 24.3 Å². The summed E-state index contributed by atoms with van der Waals surface area (Å²) in [6.45, 7) is 0. The summed E-state index contributed by atoms with van der Waals surface area (Å²) < 4.78 is 9.85. The second kappa shape index (κ2) is 11.0. The molecule has 2 aromatic carbocycles. The summed E-state index contributed by atoms with van der Waals surface area (Å²) in [6.07, 6.45) is 15.8. The van der Waals surface area contributed by atoms with Crippen molar-refractivity contribution in [1.82, 2.24) is 4.98 Å². The molecule has 0 radical (unpaired) electrons. The van der Waals surface area contributed by atoms with E-state index in [-0.39, 0.29) is 11.9 Å². The number of aliphatic imine (C=N–C) groups is 3. The first-order chi connectivity index (χ1) is 21.5. The Bertz CT molecular complexity index is 2120. The van der Waals surface area contributed by atoms with E-state index in [1.807, 2.05) is 97.1 Å². The number of ether oxygens (including phenoxy) is 2. The number of aromatic amines is 1. The van der Waals surface area contributed by atoms with Gasteiger partial charge in [0.05, 0.1) is 59.2 Å². The van der Waals surface area contributed by atoms with Gasteiger partial charge in [-0.05, 0) is 95.8 Å². The normalized spacial score (nSPS) is 16.4. The Morgan fingerprint density at radius 1 is 0.705 bits per heavy atom. The molecule has 5 heterocycles. The maximum atomic E-state index is 12.0. The molecule has 0 fully saturated rings. The maximum absolute atomic E-state index is 12.0. The van der Waals surface area contributed by atoms with Crippen LogP contribution in [0, 0.1) is 0 Å². The van der Waals surface area contributed by atoms with Crippen molar-refractivity contribution in [3.05, 3.63) is 153 Å². The van der Waals surface area contributed by atoms with Crippen molar-refractivity contribution < 1.29 is 19.4 Å². The number of esters is 1. The van der Waals surface area contributed by atoms with E-state index in [1.54, 1.807) is 12.1 Å². The number of nitrogens with zero attached hydrogens (tertiary/aromatic N) is 3. The molecule has 7 rings (SSSR count). The Balaban J connectivity index is 1.40. The number of rotatable bonds is 3. The molecule has 4 aliphatic rings. The van der Waals surface area contributed by atoms with E-state index in [9.17, 15) is 9.90 Å². The fourth-order valence-corrected chi connectivity index (χ4v) is 5.40. The predicted molar refractivity (Wildman–Crippen MR) is 173 cm³/mol. The molecule has 2 N–H and O–H groups in total. The van der Waals surface area contributed by atoms with Gasteiger partial charge in [0.2, 0.25) is 0 Å². The van der Waals surface area contributed by atoms with Crippen LogP contribution < -0.4 is 10.4 Å². The number of fused-ring (bicyclic) bond motifs is 5. The maximum Gasteiger partial charge on any atom is 0.337 e. The highest BCUT2D eigenvalue weighted by atomic mass is 16.6. The molecule has 8 heteroatoms. The highest BCUT2D eigenvalue weighted by Crippen LogP contribution is 2.31. The van der Waals surface area contributed by atoms with Crippen LogP contribution in [0.2, 0.25) is 0 Å². The molecule has 8 bridgehead atoms. The van der Waals surface area contributed by atoms with Crippen LogP contribution in [0.3, 0.4) is 0 Å². The van der Waals surface area contributed by atoms with Gasteiger partial charge in [-0.3, -0.25) is 0 Å². The molecule has 8 nitrogen and oxygen atoms in total. The third kappa shape index (κ3) is 4.98. The number of hydrogen-bond acceptors (Lipinski definition) is 7. The molecule has 214 valence electrons. The highest BCUT2D eigenvalue weighted by Gasteiger charge is 2.21. The van der Waals surface area contributed by atoms with Gasteiger partial charge in [0.25, 0.3) is 5.95 Å². The van der Waals surface area contributed by atoms with Crippen LogP contribution >= 0.6 is 0 Å². The van der Waals surface area contributed by atoms with Crippen LogP contribution in [0.1, 0.15) is 27.3 Å². The van der Waals surface area contributed by atoms with Gasteiger partial charge in [-0.15, -0.1) is 0 Å². The molecule has 3 aromatic rings. The summed E-state index contributed by atoms with van der Waals surface area (Å²) in [5, 5.41) is 11.5. The molecular formula is C36H26N4O4. The van der Waals surface area contributed by atoms with Crippen molar-refractivity contribution in [3.8, 4) is 0 Å². The molecular weight excluding hydrogens is 552 g/mol. The highest BCUT2D eigenvalue weighted by molar-refractivity contribution is 6.33. The van der Waals surface area contributed by atoms with Crippen molar-refractivity contribution in [2.24, 2.45) is 15.0 Å². The third-order valence-corrected chi connectivity index (χ3v) is 7.54. The zero-order valence-electron chi connectivity index (χ0n) is 23.9. The lowest BCUT2D eigenvalue weighted by molar-refractivity contribution is 0.0600. The lowest BCUT2D eigenvalue weighted by atomic mass is 9.97. The average molecular weight is 579 g/mol. The predicted octanol–water partition coefficient (Wildman–Crippen LogP) is 4.95. The van der Waals surface area contributed by atoms with E-state index >= 15 is 0 Å². The number of hydrogen-bond donors (Lipinski definition) is 2. The van der Waals surface area contributed by atoms with Gasteiger partial charge in [-0.2, -0.15) is 0 Å². The molecule has 0 unspecified atom stereocenters. The van der Waals surface area contributed by atoms with Gasteiger partial charge in [0, 0.05) is 22.5 Å². The quantitative estimate of drug-likeness (QED) is 0.429. The number of allylic oxidation sites excluding steroid dienone is 8. The molecule has 0 atom stereocenters. The van der Waals surface area contributed by atoms with Crippen LogP contribution in [-0.4, -0.2) is 47.4 Å². The van der Waals surface area contributed by atoms with E-state index < -0.39 is 0 Å². The monoisotopic (exact) mass is 578 g/mol. The van der Waals surface area contributed by atoms with Crippen LogP contribution in [0.15, 0.2) is 135 Å². The smallest absolute Gasteiger partial charge is 0.337 e. The summed E-state index contributed by atoms with van der Waals surface area (Å²) in [4.78, 5) is 30.4. The topological polar surface area (TPSA) is 109 Å². The van der Waals surface area contributed by atoms with Crippen LogP contribution in [0.25, 0.3) is 23.2 Å². The van der Waals surface area contributed by atoms with Gasteiger partial charge in [0.15, 0.2) is 0 Å². The fraction of sp³-hybridized carbons (Fsp3) is 0.0556. The van der Waals surface area contributed by atoms with E-state index in [2.05, 4.69) is 4.98 Å². The summed E-state index contributed by atoms with van der Waals surface area (Å²) in [5.74, 6) is -0.527. The Morgan fingerprint density at radius 3 is 2.11 bits per heavy atom. The largest absolute Gasteiger partial charge is 0.481 e. The number of aliphatic hydroxyl groups is 1. The molecule has 0 saturated heterocycles. The van der Waals surface area contributed by atoms with Crippen molar-refractivity contribution in [2.45, 2.75) is 0 Å². The molecule has 4 aliphatic heterocycles. The third-order valence-electron chi connectivity index (χ3n) is 7.54. The number of carbonyl (C=O) groups excluding carboxylic acids is 1.